The van der Waals surface area contributed by atoms with Crippen molar-refractivity contribution in [2.24, 2.45) is 5.14 Å². The molecule has 0 saturated carbocycles. The number of primary sulfonamides is 1. The third kappa shape index (κ3) is 2.87. The van der Waals surface area contributed by atoms with Gasteiger partial charge in [0.05, 0.1) is 12.0 Å². The standard InChI is InChI=1S/C12H17NO5S/c1-6(2)8-5-9(19(13,16)17)7(3)10(12(14)15)11(8)18-4/h5-6H,1-4H3,(H,14,15)(H2,13,16,17). The van der Waals surface area contributed by atoms with Crippen LogP contribution in [0.1, 0.15) is 41.3 Å². The van der Waals surface area contributed by atoms with Crippen LogP contribution in [0.4, 0.5) is 0 Å². The second-order valence-electron chi connectivity index (χ2n) is 4.50. The Kier molecular flexibility index (Phi) is 4.21. The van der Waals surface area contributed by atoms with Crippen LogP contribution >= 0.6 is 0 Å². The molecule has 0 fully saturated rings. The van der Waals surface area contributed by atoms with E-state index in [1.54, 1.807) is 0 Å². The van der Waals surface area contributed by atoms with Gasteiger partial charge < -0.3 is 9.84 Å². The lowest BCUT2D eigenvalue weighted by Crippen LogP contribution is -2.18. The van der Waals surface area contributed by atoms with Crippen molar-refractivity contribution in [3.8, 4) is 5.75 Å². The van der Waals surface area contributed by atoms with Gasteiger partial charge in [-0.15, -0.1) is 0 Å². The monoisotopic (exact) mass is 287 g/mol. The number of carboxylic acid groups (broad SMARTS) is 1. The number of ether oxygens (including phenoxy) is 1. The number of aromatic carboxylic acids is 1. The molecule has 0 unspecified atom stereocenters. The molecule has 0 aromatic heterocycles. The van der Waals surface area contributed by atoms with Gasteiger partial charge in [-0.1, -0.05) is 13.8 Å². The number of nitrogens with two attached hydrogens (primary N) is 1. The van der Waals surface area contributed by atoms with Crippen molar-refractivity contribution < 1.29 is 23.1 Å². The van der Waals surface area contributed by atoms with Gasteiger partial charge in [0.25, 0.3) is 0 Å². The first kappa shape index (κ1) is 15.5. The summed E-state index contributed by atoms with van der Waals surface area (Å²) < 4.78 is 28.2. The molecule has 3 N–H and O–H groups in total. The smallest absolute Gasteiger partial charge is 0.339 e. The Morgan fingerprint density at radius 1 is 1.42 bits per heavy atom. The fourth-order valence-corrected chi connectivity index (χ4v) is 2.77. The molecule has 106 valence electrons. The van der Waals surface area contributed by atoms with E-state index in [0.29, 0.717) is 5.56 Å². The highest BCUT2D eigenvalue weighted by Crippen LogP contribution is 2.35. The summed E-state index contributed by atoms with van der Waals surface area (Å²) in [6.45, 7) is 5.02. The van der Waals surface area contributed by atoms with Gasteiger partial charge in [-0.3, -0.25) is 0 Å². The Balaban J connectivity index is 3.89. The Morgan fingerprint density at radius 3 is 2.26 bits per heavy atom. The summed E-state index contributed by atoms with van der Waals surface area (Å²) in [5.41, 5.74) is 0.406. The molecule has 0 bridgehead atoms. The SMILES string of the molecule is COc1c(C(C)C)cc(S(N)(=O)=O)c(C)c1C(=O)O. The lowest BCUT2D eigenvalue weighted by atomic mass is 9.96. The van der Waals surface area contributed by atoms with Gasteiger partial charge in [0.1, 0.15) is 11.3 Å². The molecule has 0 aliphatic carbocycles. The zero-order valence-corrected chi connectivity index (χ0v) is 12.0. The molecule has 0 saturated heterocycles. The number of methoxy groups -OCH3 is 1. The van der Waals surface area contributed by atoms with Crippen molar-refractivity contribution in [2.75, 3.05) is 7.11 Å². The fourth-order valence-electron chi connectivity index (χ4n) is 1.95. The van der Waals surface area contributed by atoms with Crippen molar-refractivity contribution in [3.63, 3.8) is 0 Å². The summed E-state index contributed by atoms with van der Waals surface area (Å²) in [5, 5.41) is 14.4. The van der Waals surface area contributed by atoms with Crippen molar-refractivity contribution in [2.45, 2.75) is 31.6 Å². The minimum atomic E-state index is -3.99. The molecule has 19 heavy (non-hydrogen) atoms. The Morgan fingerprint density at radius 2 is 1.95 bits per heavy atom. The number of rotatable bonds is 4. The first-order valence-electron chi connectivity index (χ1n) is 5.58. The molecule has 0 amide bonds. The second-order valence-corrected chi connectivity index (χ2v) is 6.03. The summed E-state index contributed by atoms with van der Waals surface area (Å²) in [4.78, 5) is 11.2. The Hall–Kier alpha value is -1.60. The van der Waals surface area contributed by atoms with Gasteiger partial charge >= 0.3 is 5.97 Å². The molecule has 7 heteroatoms. The molecule has 0 atom stereocenters. The van der Waals surface area contributed by atoms with Gasteiger partial charge in [0.2, 0.25) is 10.0 Å². The van der Waals surface area contributed by atoms with Gasteiger partial charge in [-0.2, -0.15) is 0 Å². The topological polar surface area (TPSA) is 107 Å². The highest BCUT2D eigenvalue weighted by Gasteiger charge is 2.26. The average Bonchev–Trinajstić information content (AvgIpc) is 2.25. The van der Waals surface area contributed by atoms with Crippen LogP contribution in [0.5, 0.6) is 5.75 Å². The molecular formula is C12H17NO5S. The van der Waals surface area contributed by atoms with Crippen LogP contribution in [-0.2, 0) is 10.0 Å². The second kappa shape index (κ2) is 5.18. The summed E-state index contributed by atoms with van der Waals surface area (Å²) >= 11 is 0. The fraction of sp³-hybridized carbons (Fsp3) is 0.417. The molecule has 1 aromatic rings. The maximum absolute atomic E-state index is 11.5. The lowest BCUT2D eigenvalue weighted by molar-refractivity contribution is 0.0692. The maximum atomic E-state index is 11.5. The molecule has 1 rings (SSSR count). The third-order valence-corrected chi connectivity index (χ3v) is 3.90. The van der Waals surface area contributed by atoms with E-state index < -0.39 is 16.0 Å². The zero-order valence-electron chi connectivity index (χ0n) is 11.2. The summed E-state index contributed by atoms with van der Waals surface area (Å²) in [6.07, 6.45) is 0. The van der Waals surface area contributed by atoms with Crippen LogP contribution in [-0.4, -0.2) is 26.6 Å². The van der Waals surface area contributed by atoms with Crippen molar-refractivity contribution in [1.82, 2.24) is 0 Å². The predicted octanol–water partition coefficient (Wildman–Crippen LogP) is 1.47. The molecular weight excluding hydrogens is 270 g/mol. The highest BCUT2D eigenvalue weighted by atomic mass is 32.2. The van der Waals surface area contributed by atoms with Crippen molar-refractivity contribution in [3.05, 3.63) is 22.8 Å². The van der Waals surface area contributed by atoms with Crippen LogP contribution in [0.15, 0.2) is 11.0 Å². The molecule has 0 spiro atoms. The van der Waals surface area contributed by atoms with Crippen LogP contribution in [0.2, 0.25) is 0 Å². The predicted molar refractivity (Wildman–Crippen MR) is 70.2 cm³/mol. The van der Waals surface area contributed by atoms with E-state index in [1.807, 2.05) is 13.8 Å². The molecule has 0 aliphatic rings. The van der Waals surface area contributed by atoms with E-state index in [1.165, 1.54) is 20.1 Å². The Bertz CT molecular complexity index is 619. The summed E-state index contributed by atoms with van der Waals surface area (Å²) in [6, 6.07) is 1.38. The Labute approximate surface area is 112 Å². The maximum Gasteiger partial charge on any atom is 0.339 e. The zero-order chi connectivity index (χ0) is 15.0. The first-order chi connectivity index (χ1) is 8.61. The van der Waals surface area contributed by atoms with Gasteiger partial charge in [-0.05, 0) is 30.0 Å². The van der Waals surface area contributed by atoms with E-state index in [4.69, 9.17) is 9.88 Å². The van der Waals surface area contributed by atoms with E-state index in [9.17, 15) is 18.3 Å². The van der Waals surface area contributed by atoms with Gasteiger partial charge in [0, 0.05) is 0 Å². The summed E-state index contributed by atoms with van der Waals surface area (Å²) in [7, 11) is -2.64. The average molecular weight is 287 g/mol. The van der Waals surface area contributed by atoms with E-state index in [2.05, 4.69) is 0 Å². The highest BCUT2D eigenvalue weighted by molar-refractivity contribution is 7.89. The largest absolute Gasteiger partial charge is 0.496 e. The third-order valence-electron chi connectivity index (χ3n) is 2.87. The number of hydrogen-bond donors (Lipinski definition) is 2. The van der Waals surface area contributed by atoms with Crippen LogP contribution in [0, 0.1) is 6.92 Å². The van der Waals surface area contributed by atoms with Crippen molar-refractivity contribution in [1.29, 1.82) is 0 Å². The number of carboxylic acids is 1. The molecule has 1 aromatic carbocycles. The number of carbonyl (C=O) groups is 1. The van der Waals surface area contributed by atoms with Gasteiger partial charge in [-0.25, -0.2) is 18.4 Å². The van der Waals surface area contributed by atoms with E-state index in [-0.39, 0.29) is 27.7 Å². The van der Waals surface area contributed by atoms with E-state index >= 15 is 0 Å². The summed E-state index contributed by atoms with van der Waals surface area (Å²) in [5.74, 6) is -1.18. The minimum absolute atomic E-state index is 0.0799. The first-order valence-corrected chi connectivity index (χ1v) is 7.13. The number of hydrogen-bond acceptors (Lipinski definition) is 4. The molecule has 6 nitrogen and oxygen atoms in total. The number of sulfonamides is 1. The van der Waals surface area contributed by atoms with Crippen LogP contribution in [0.3, 0.4) is 0 Å². The molecule has 0 heterocycles. The normalized spacial score (nSPS) is 11.7. The number of benzene rings is 1. The van der Waals surface area contributed by atoms with Crippen LogP contribution < -0.4 is 9.88 Å². The minimum Gasteiger partial charge on any atom is -0.496 e. The van der Waals surface area contributed by atoms with E-state index in [0.717, 1.165) is 0 Å². The quantitative estimate of drug-likeness (QED) is 0.872. The molecule has 0 aliphatic heterocycles. The lowest BCUT2D eigenvalue weighted by Gasteiger charge is -2.18. The molecule has 0 radical (unpaired) electrons. The van der Waals surface area contributed by atoms with Crippen molar-refractivity contribution >= 4 is 16.0 Å². The van der Waals surface area contributed by atoms with Crippen LogP contribution in [0.25, 0.3) is 0 Å². The van der Waals surface area contributed by atoms with Gasteiger partial charge in [0.15, 0.2) is 0 Å².